The van der Waals surface area contributed by atoms with Crippen LogP contribution in [-0.4, -0.2) is 26.2 Å². The maximum Gasteiger partial charge on any atom is 0.240 e. The van der Waals surface area contributed by atoms with Crippen molar-refractivity contribution in [1.82, 2.24) is 4.72 Å². The van der Waals surface area contributed by atoms with E-state index in [2.05, 4.69) is 4.72 Å². The van der Waals surface area contributed by atoms with Gasteiger partial charge in [0.05, 0.1) is 11.0 Å². The van der Waals surface area contributed by atoms with Crippen molar-refractivity contribution in [2.24, 2.45) is 5.92 Å². The van der Waals surface area contributed by atoms with Crippen molar-refractivity contribution >= 4 is 10.0 Å². The Balaban J connectivity index is 2.07. The molecule has 0 bridgehead atoms. The molecule has 0 amide bonds. The van der Waals surface area contributed by atoms with E-state index in [9.17, 15) is 13.5 Å². The highest BCUT2D eigenvalue weighted by atomic mass is 32.2. The maximum atomic E-state index is 12.2. The molecule has 0 heterocycles. The van der Waals surface area contributed by atoms with E-state index >= 15 is 0 Å². The van der Waals surface area contributed by atoms with Crippen LogP contribution in [0.5, 0.6) is 0 Å². The van der Waals surface area contributed by atoms with E-state index in [1.165, 1.54) is 5.56 Å². The van der Waals surface area contributed by atoms with E-state index < -0.39 is 16.1 Å². The molecular formula is C15H23NO3S. The summed E-state index contributed by atoms with van der Waals surface area (Å²) in [6.07, 6.45) is 3.26. The van der Waals surface area contributed by atoms with Crippen molar-refractivity contribution in [2.75, 3.05) is 6.54 Å². The summed E-state index contributed by atoms with van der Waals surface area (Å²) in [7, 11) is -3.53. The van der Waals surface area contributed by atoms with Crippen LogP contribution in [0.25, 0.3) is 0 Å². The lowest BCUT2D eigenvalue weighted by Crippen LogP contribution is -2.35. The van der Waals surface area contributed by atoms with Crippen LogP contribution in [0.1, 0.15) is 37.8 Å². The summed E-state index contributed by atoms with van der Waals surface area (Å²) in [5.74, 6) is 0.0812. The maximum absolute atomic E-state index is 12.2. The van der Waals surface area contributed by atoms with Crippen molar-refractivity contribution in [3.05, 3.63) is 29.3 Å². The van der Waals surface area contributed by atoms with Gasteiger partial charge in [0.15, 0.2) is 0 Å². The Morgan fingerprint density at radius 2 is 2.00 bits per heavy atom. The number of sulfonamides is 1. The van der Waals surface area contributed by atoms with Crippen LogP contribution in [0.15, 0.2) is 23.1 Å². The van der Waals surface area contributed by atoms with E-state index in [-0.39, 0.29) is 12.5 Å². The first-order valence-corrected chi connectivity index (χ1v) is 8.72. The van der Waals surface area contributed by atoms with Crippen LogP contribution in [0, 0.1) is 5.92 Å². The van der Waals surface area contributed by atoms with Gasteiger partial charge in [-0.3, -0.25) is 0 Å². The van der Waals surface area contributed by atoms with Gasteiger partial charge in [-0.2, -0.15) is 0 Å². The molecule has 2 atom stereocenters. The van der Waals surface area contributed by atoms with E-state index in [0.29, 0.717) is 4.90 Å². The molecule has 0 radical (unpaired) electrons. The van der Waals surface area contributed by atoms with Gasteiger partial charge in [0.25, 0.3) is 0 Å². The standard InChI is InChI=1S/C15H23NO3S/c1-3-11(2)15(17)10-16-20(18,19)14-8-7-12-5-4-6-13(12)9-14/h7-9,11,15-17H,3-6,10H2,1-2H3. The normalized spacial score (nSPS) is 17.8. The SMILES string of the molecule is CCC(C)C(O)CNS(=O)(=O)c1ccc2c(c1)CCC2. The molecule has 1 aliphatic rings. The molecule has 2 rings (SSSR count). The summed E-state index contributed by atoms with van der Waals surface area (Å²) in [6, 6.07) is 5.32. The second-order valence-electron chi connectivity index (χ2n) is 5.59. The Kier molecular flexibility index (Phi) is 4.83. The highest BCUT2D eigenvalue weighted by molar-refractivity contribution is 7.89. The number of aliphatic hydroxyl groups excluding tert-OH is 1. The van der Waals surface area contributed by atoms with Crippen LogP contribution < -0.4 is 4.72 Å². The fourth-order valence-corrected chi connectivity index (χ4v) is 3.57. The zero-order chi connectivity index (χ0) is 14.8. The molecule has 20 heavy (non-hydrogen) atoms. The van der Waals surface area contributed by atoms with Gasteiger partial charge in [-0.15, -0.1) is 0 Å². The third kappa shape index (κ3) is 3.40. The molecule has 4 nitrogen and oxygen atoms in total. The lowest BCUT2D eigenvalue weighted by molar-refractivity contribution is 0.118. The van der Waals surface area contributed by atoms with Gasteiger partial charge in [-0.25, -0.2) is 13.1 Å². The summed E-state index contributed by atoms with van der Waals surface area (Å²) in [4.78, 5) is 0.300. The minimum Gasteiger partial charge on any atom is -0.391 e. The fraction of sp³-hybridized carbons (Fsp3) is 0.600. The molecule has 2 unspecified atom stereocenters. The summed E-state index contributed by atoms with van der Waals surface area (Å²) < 4.78 is 27.0. The van der Waals surface area contributed by atoms with Gasteiger partial charge in [-0.1, -0.05) is 26.3 Å². The van der Waals surface area contributed by atoms with Crippen molar-refractivity contribution in [3.8, 4) is 0 Å². The van der Waals surface area contributed by atoms with E-state index in [1.54, 1.807) is 12.1 Å². The second kappa shape index (κ2) is 6.24. The van der Waals surface area contributed by atoms with Crippen molar-refractivity contribution in [1.29, 1.82) is 0 Å². The quantitative estimate of drug-likeness (QED) is 0.842. The lowest BCUT2D eigenvalue weighted by Gasteiger charge is -2.17. The first-order chi connectivity index (χ1) is 9.44. The minimum absolute atomic E-state index is 0.0639. The predicted molar refractivity (Wildman–Crippen MR) is 79.1 cm³/mol. The number of rotatable bonds is 6. The first-order valence-electron chi connectivity index (χ1n) is 7.23. The lowest BCUT2D eigenvalue weighted by atomic mass is 10.0. The number of aliphatic hydroxyl groups is 1. The summed E-state index contributed by atoms with van der Waals surface area (Å²) in [6.45, 7) is 3.95. The van der Waals surface area contributed by atoms with Gasteiger partial charge >= 0.3 is 0 Å². The molecule has 0 fully saturated rings. The zero-order valence-electron chi connectivity index (χ0n) is 12.1. The second-order valence-corrected chi connectivity index (χ2v) is 7.36. The number of fused-ring (bicyclic) bond motifs is 1. The average Bonchev–Trinajstić information content (AvgIpc) is 2.91. The predicted octanol–water partition coefficient (Wildman–Crippen LogP) is 1.86. The molecule has 0 spiro atoms. The van der Waals surface area contributed by atoms with Gasteiger partial charge < -0.3 is 5.11 Å². The molecule has 1 aromatic rings. The van der Waals surface area contributed by atoms with Crippen molar-refractivity contribution in [3.63, 3.8) is 0 Å². The smallest absolute Gasteiger partial charge is 0.240 e. The zero-order valence-corrected chi connectivity index (χ0v) is 12.9. The first kappa shape index (κ1) is 15.5. The summed E-state index contributed by atoms with van der Waals surface area (Å²) >= 11 is 0. The number of benzene rings is 1. The van der Waals surface area contributed by atoms with Crippen LogP contribution in [0.3, 0.4) is 0 Å². The molecule has 0 saturated carbocycles. The Labute approximate surface area is 121 Å². The number of hydrogen-bond donors (Lipinski definition) is 2. The summed E-state index contributed by atoms with van der Waals surface area (Å²) in [5, 5.41) is 9.86. The highest BCUT2D eigenvalue weighted by Crippen LogP contribution is 2.24. The van der Waals surface area contributed by atoms with Crippen molar-refractivity contribution in [2.45, 2.75) is 50.5 Å². The molecule has 112 valence electrons. The van der Waals surface area contributed by atoms with Crippen LogP contribution >= 0.6 is 0 Å². The Bertz CT molecular complexity index is 568. The van der Waals surface area contributed by atoms with Gasteiger partial charge in [0.1, 0.15) is 0 Å². The molecule has 2 N–H and O–H groups in total. The molecule has 0 aliphatic heterocycles. The topological polar surface area (TPSA) is 66.4 Å². The Morgan fingerprint density at radius 1 is 1.30 bits per heavy atom. The third-order valence-corrected chi connectivity index (χ3v) is 5.58. The molecule has 0 saturated heterocycles. The minimum atomic E-state index is -3.53. The highest BCUT2D eigenvalue weighted by Gasteiger charge is 2.20. The summed E-state index contributed by atoms with van der Waals surface area (Å²) in [5.41, 5.74) is 2.39. The van der Waals surface area contributed by atoms with E-state index in [0.717, 1.165) is 31.2 Å². The monoisotopic (exact) mass is 297 g/mol. The third-order valence-electron chi connectivity index (χ3n) is 4.16. The van der Waals surface area contributed by atoms with Crippen LogP contribution in [0.2, 0.25) is 0 Å². The fourth-order valence-electron chi connectivity index (χ4n) is 2.47. The molecule has 0 aromatic heterocycles. The number of hydrogen-bond acceptors (Lipinski definition) is 3. The number of aryl methyl sites for hydroxylation is 2. The van der Waals surface area contributed by atoms with Crippen LogP contribution in [0.4, 0.5) is 0 Å². The van der Waals surface area contributed by atoms with Crippen LogP contribution in [-0.2, 0) is 22.9 Å². The average molecular weight is 297 g/mol. The van der Waals surface area contributed by atoms with E-state index in [4.69, 9.17) is 0 Å². The molecule has 5 heteroatoms. The Morgan fingerprint density at radius 3 is 2.70 bits per heavy atom. The van der Waals surface area contributed by atoms with Crippen molar-refractivity contribution < 1.29 is 13.5 Å². The largest absolute Gasteiger partial charge is 0.391 e. The molecule has 1 aliphatic carbocycles. The van der Waals surface area contributed by atoms with Gasteiger partial charge in [0, 0.05) is 6.54 Å². The van der Waals surface area contributed by atoms with Gasteiger partial charge in [-0.05, 0) is 48.4 Å². The molecular weight excluding hydrogens is 274 g/mol. The van der Waals surface area contributed by atoms with E-state index in [1.807, 2.05) is 19.9 Å². The molecule has 1 aromatic carbocycles. The number of nitrogens with one attached hydrogen (secondary N) is 1. The Hall–Kier alpha value is -0.910. The van der Waals surface area contributed by atoms with Gasteiger partial charge in [0.2, 0.25) is 10.0 Å².